The molecule has 3 N–H and O–H groups in total. The smallest absolute Gasteiger partial charge is 0.243 e. The fourth-order valence-electron chi connectivity index (χ4n) is 3.04. The molecule has 1 aliphatic heterocycles. The van der Waals surface area contributed by atoms with Crippen LogP contribution in [0.25, 0.3) is 0 Å². The van der Waals surface area contributed by atoms with Crippen molar-refractivity contribution in [1.82, 2.24) is 4.98 Å². The lowest BCUT2D eigenvalue weighted by Gasteiger charge is -2.26. The third kappa shape index (κ3) is 5.27. The maximum Gasteiger partial charge on any atom is 0.243 e. The minimum Gasteiger partial charge on any atom is -0.381 e. The molecule has 0 saturated carbocycles. The second-order valence-electron chi connectivity index (χ2n) is 6.69. The molecule has 2 aromatic rings. The zero-order valence-corrected chi connectivity index (χ0v) is 16.8. The Morgan fingerprint density at radius 1 is 1.35 bits per heavy atom. The van der Waals surface area contributed by atoms with E-state index in [0.717, 1.165) is 24.1 Å². The van der Waals surface area contributed by atoms with Crippen LogP contribution in [0.15, 0.2) is 24.4 Å². The predicted molar refractivity (Wildman–Crippen MR) is 108 cm³/mol. The van der Waals surface area contributed by atoms with E-state index in [1.54, 1.807) is 0 Å². The predicted octanol–water partition coefficient (Wildman–Crippen LogP) is 3.46. The van der Waals surface area contributed by atoms with Crippen LogP contribution in [-0.4, -0.2) is 30.1 Å². The molecule has 142 valence electrons. The number of hydrogen-bond acceptors (Lipinski definition) is 5. The summed E-state index contributed by atoms with van der Waals surface area (Å²) in [7, 11) is 0. The van der Waals surface area contributed by atoms with Gasteiger partial charge in [0.2, 0.25) is 5.91 Å². The minimum atomic E-state index is -0.504. The third-order valence-corrected chi connectivity index (χ3v) is 5.72. The number of aryl methyl sites for hydroxylation is 2. The molecule has 1 atom stereocenters. The Morgan fingerprint density at radius 2 is 2.08 bits per heavy atom. The van der Waals surface area contributed by atoms with Gasteiger partial charge < -0.3 is 15.8 Å². The molecule has 0 bridgehead atoms. The molecule has 1 aromatic carbocycles. The lowest BCUT2D eigenvalue weighted by molar-refractivity contribution is -0.119. The highest BCUT2D eigenvalue weighted by Crippen LogP contribution is 2.24. The highest BCUT2D eigenvalue weighted by atomic mass is 35.5. The summed E-state index contributed by atoms with van der Waals surface area (Å²) in [5, 5.41) is 3.49. The van der Waals surface area contributed by atoms with E-state index in [1.165, 1.54) is 28.0 Å². The molecule has 0 aliphatic carbocycles. The van der Waals surface area contributed by atoms with E-state index in [0.29, 0.717) is 18.3 Å². The number of aromatic nitrogens is 1. The molecule has 2 heterocycles. The Hall–Kier alpha value is -1.47. The van der Waals surface area contributed by atoms with Gasteiger partial charge in [-0.3, -0.25) is 4.79 Å². The number of hydrogen-bond donors (Lipinski definition) is 2. The first-order chi connectivity index (χ1) is 12.0. The standard InChI is InChI=1S/C19H25N3O2S.ClH/c1-12-3-4-14(9-13(12)2)10-16-11-21-19(25-16)22-18(23)17(20)15-5-7-24-8-6-15;/h3-4,9,11,15,17H,5-8,10,20H2,1-2H3,(H,21,22,23);1H. The number of ether oxygens (including phenoxy) is 1. The van der Waals surface area contributed by atoms with E-state index in [4.69, 9.17) is 10.5 Å². The van der Waals surface area contributed by atoms with Gasteiger partial charge in [-0.25, -0.2) is 4.98 Å². The number of amides is 1. The van der Waals surface area contributed by atoms with Crippen molar-refractivity contribution < 1.29 is 9.53 Å². The van der Waals surface area contributed by atoms with Crippen LogP contribution in [-0.2, 0) is 16.0 Å². The molecule has 1 saturated heterocycles. The van der Waals surface area contributed by atoms with Gasteiger partial charge in [0.05, 0.1) is 6.04 Å². The molecule has 1 aromatic heterocycles. The van der Waals surface area contributed by atoms with Gasteiger partial charge in [-0.2, -0.15) is 0 Å². The summed E-state index contributed by atoms with van der Waals surface area (Å²) in [5.41, 5.74) is 9.95. The van der Waals surface area contributed by atoms with Gasteiger partial charge in [0.25, 0.3) is 0 Å². The van der Waals surface area contributed by atoms with Gasteiger partial charge in [0.1, 0.15) is 0 Å². The van der Waals surface area contributed by atoms with Crippen LogP contribution in [0.4, 0.5) is 5.13 Å². The number of nitrogens with two attached hydrogens (primary N) is 1. The molecular weight excluding hydrogens is 370 g/mol. The van der Waals surface area contributed by atoms with E-state index in [-0.39, 0.29) is 24.2 Å². The summed E-state index contributed by atoms with van der Waals surface area (Å²) in [6.45, 7) is 5.60. The van der Waals surface area contributed by atoms with Gasteiger partial charge in [-0.1, -0.05) is 18.2 Å². The second-order valence-corrected chi connectivity index (χ2v) is 7.81. The Kier molecular flexibility index (Phi) is 7.58. The van der Waals surface area contributed by atoms with Crippen molar-refractivity contribution >= 4 is 34.8 Å². The second kappa shape index (κ2) is 9.46. The fourth-order valence-corrected chi connectivity index (χ4v) is 3.89. The van der Waals surface area contributed by atoms with Crippen LogP contribution in [0.1, 0.15) is 34.4 Å². The average Bonchev–Trinajstić information content (AvgIpc) is 3.05. The number of anilines is 1. The van der Waals surface area contributed by atoms with E-state index < -0.39 is 6.04 Å². The molecule has 1 fully saturated rings. The van der Waals surface area contributed by atoms with Crippen molar-refractivity contribution in [2.45, 2.75) is 39.2 Å². The molecule has 3 rings (SSSR count). The quantitative estimate of drug-likeness (QED) is 0.812. The summed E-state index contributed by atoms with van der Waals surface area (Å²) in [6, 6.07) is 5.98. The molecule has 1 aliphatic rings. The lowest BCUT2D eigenvalue weighted by atomic mass is 9.92. The molecule has 5 nitrogen and oxygen atoms in total. The molecular formula is C19H26ClN3O2S. The largest absolute Gasteiger partial charge is 0.381 e. The Labute approximate surface area is 164 Å². The summed E-state index contributed by atoms with van der Waals surface area (Å²) in [6.07, 6.45) is 4.32. The first-order valence-corrected chi connectivity index (χ1v) is 9.49. The monoisotopic (exact) mass is 395 g/mol. The van der Waals surface area contributed by atoms with Gasteiger partial charge >= 0.3 is 0 Å². The van der Waals surface area contributed by atoms with Crippen LogP contribution in [0.2, 0.25) is 0 Å². The average molecular weight is 396 g/mol. The number of carbonyl (C=O) groups excluding carboxylic acids is 1. The van der Waals surface area contributed by atoms with E-state index in [9.17, 15) is 4.79 Å². The number of rotatable bonds is 5. The number of thiazole rings is 1. The third-order valence-electron chi connectivity index (χ3n) is 4.81. The maximum absolute atomic E-state index is 12.4. The highest BCUT2D eigenvalue weighted by molar-refractivity contribution is 7.15. The van der Waals surface area contributed by atoms with Crippen LogP contribution in [0.3, 0.4) is 0 Å². The van der Waals surface area contributed by atoms with Crippen molar-refractivity contribution in [1.29, 1.82) is 0 Å². The molecule has 1 amide bonds. The van der Waals surface area contributed by atoms with Gasteiger partial charge in [-0.05, 0) is 49.3 Å². The lowest BCUT2D eigenvalue weighted by Crippen LogP contribution is -2.43. The van der Waals surface area contributed by atoms with Crippen molar-refractivity contribution in [2.75, 3.05) is 18.5 Å². The molecule has 0 radical (unpaired) electrons. The fraction of sp³-hybridized carbons (Fsp3) is 0.474. The maximum atomic E-state index is 12.4. The minimum absolute atomic E-state index is 0. The van der Waals surface area contributed by atoms with Gasteiger partial charge in [0, 0.05) is 30.7 Å². The van der Waals surface area contributed by atoms with Crippen molar-refractivity contribution in [3.05, 3.63) is 46.0 Å². The summed E-state index contributed by atoms with van der Waals surface area (Å²) in [5.74, 6) is 0.0303. The summed E-state index contributed by atoms with van der Waals surface area (Å²) in [4.78, 5) is 17.8. The topological polar surface area (TPSA) is 77.2 Å². The van der Waals surface area contributed by atoms with E-state index in [2.05, 4.69) is 42.3 Å². The van der Waals surface area contributed by atoms with Crippen molar-refractivity contribution in [3.63, 3.8) is 0 Å². The van der Waals surface area contributed by atoms with Crippen LogP contribution < -0.4 is 11.1 Å². The highest BCUT2D eigenvalue weighted by Gasteiger charge is 2.27. The molecule has 0 spiro atoms. The van der Waals surface area contributed by atoms with Crippen LogP contribution in [0, 0.1) is 19.8 Å². The normalized spacial score (nSPS) is 16.0. The Balaban J connectivity index is 0.00000243. The van der Waals surface area contributed by atoms with Crippen molar-refractivity contribution in [2.24, 2.45) is 11.7 Å². The number of nitrogens with one attached hydrogen (secondary N) is 1. The van der Waals surface area contributed by atoms with E-state index in [1.807, 2.05) is 6.20 Å². The Morgan fingerprint density at radius 3 is 2.77 bits per heavy atom. The summed E-state index contributed by atoms with van der Waals surface area (Å²) < 4.78 is 5.33. The zero-order chi connectivity index (χ0) is 17.8. The first kappa shape index (κ1) is 20.8. The number of halogens is 1. The van der Waals surface area contributed by atoms with Gasteiger partial charge in [0.15, 0.2) is 5.13 Å². The number of benzene rings is 1. The first-order valence-electron chi connectivity index (χ1n) is 8.68. The van der Waals surface area contributed by atoms with E-state index >= 15 is 0 Å². The Bertz CT molecular complexity index is 744. The van der Waals surface area contributed by atoms with Crippen LogP contribution >= 0.6 is 23.7 Å². The van der Waals surface area contributed by atoms with Crippen molar-refractivity contribution in [3.8, 4) is 0 Å². The number of nitrogens with zero attached hydrogens (tertiary/aromatic N) is 1. The zero-order valence-electron chi connectivity index (χ0n) is 15.2. The molecule has 1 unspecified atom stereocenters. The number of carbonyl (C=O) groups is 1. The molecule has 7 heteroatoms. The van der Waals surface area contributed by atoms with Crippen LogP contribution in [0.5, 0.6) is 0 Å². The summed E-state index contributed by atoms with van der Waals surface area (Å²) >= 11 is 1.51. The van der Waals surface area contributed by atoms with Gasteiger partial charge in [-0.15, -0.1) is 23.7 Å². The molecule has 26 heavy (non-hydrogen) atoms. The SMILES string of the molecule is Cc1ccc(Cc2cnc(NC(=O)C(N)C3CCOCC3)s2)cc1C.Cl.